The Balaban J connectivity index is 1.54. The van der Waals surface area contributed by atoms with Crippen LogP contribution in [0, 0.1) is 5.82 Å². The first-order valence-electron chi connectivity index (χ1n) is 8.51. The number of benzene rings is 2. The number of nitrogens with one attached hydrogen (secondary N) is 1. The van der Waals surface area contributed by atoms with Crippen molar-refractivity contribution in [2.24, 2.45) is 4.99 Å². The Bertz CT molecular complexity index is 1010. The fourth-order valence-electron chi connectivity index (χ4n) is 2.35. The van der Waals surface area contributed by atoms with Crippen LogP contribution in [-0.4, -0.2) is 29.5 Å². The highest BCUT2D eigenvalue weighted by Gasteiger charge is 2.07. The molecule has 2 amide bonds. The lowest BCUT2D eigenvalue weighted by Gasteiger charge is -2.06. The predicted octanol–water partition coefficient (Wildman–Crippen LogP) is 2.36. The number of ether oxygens (including phenoxy) is 1. The van der Waals surface area contributed by atoms with Crippen LogP contribution in [0.25, 0.3) is 0 Å². The van der Waals surface area contributed by atoms with Gasteiger partial charge in [-0.1, -0.05) is 36.4 Å². The zero-order chi connectivity index (χ0) is 19.8. The number of carbonyl (C=O) groups is 2. The van der Waals surface area contributed by atoms with Gasteiger partial charge >= 0.3 is 0 Å². The fraction of sp³-hybridized carbons (Fsp3) is 0.150. The van der Waals surface area contributed by atoms with Gasteiger partial charge in [-0.05, 0) is 18.2 Å². The fourth-order valence-corrected chi connectivity index (χ4v) is 3.10. The molecule has 3 rings (SSSR count). The van der Waals surface area contributed by atoms with Gasteiger partial charge in [-0.15, -0.1) is 11.3 Å². The van der Waals surface area contributed by atoms with Crippen molar-refractivity contribution in [2.45, 2.75) is 6.54 Å². The molecule has 0 saturated heterocycles. The van der Waals surface area contributed by atoms with Crippen LogP contribution in [0.3, 0.4) is 0 Å². The number of nitrogens with zero attached hydrogens (tertiary/aromatic N) is 2. The second-order valence-electron chi connectivity index (χ2n) is 5.79. The average Bonchev–Trinajstić information content (AvgIpc) is 3.14. The van der Waals surface area contributed by atoms with Gasteiger partial charge in [0.1, 0.15) is 11.6 Å². The van der Waals surface area contributed by atoms with E-state index in [2.05, 4.69) is 10.3 Å². The third-order valence-corrected chi connectivity index (χ3v) is 4.52. The van der Waals surface area contributed by atoms with Crippen molar-refractivity contribution in [2.75, 3.05) is 13.2 Å². The van der Waals surface area contributed by atoms with Crippen molar-refractivity contribution in [3.05, 3.63) is 82.4 Å². The molecule has 3 aromatic rings. The van der Waals surface area contributed by atoms with E-state index in [4.69, 9.17) is 4.74 Å². The van der Waals surface area contributed by atoms with Gasteiger partial charge in [0, 0.05) is 17.1 Å². The number of halogens is 1. The minimum atomic E-state index is -0.502. The van der Waals surface area contributed by atoms with Gasteiger partial charge in [0.25, 0.3) is 11.8 Å². The molecule has 144 valence electrons. The normalized spacial score (nSPS) is 11.2. The monoisotopic (exact) mass is 399 g/mol. The van der Waals surface area contributed by atoms with E-state index < -0.39 is 11.8 Å². The highest BCUT2D eigenvalue weighted by molar-refractivity contribution is 7.07. The lowest BCUT2D eigenvalue weighted by atomic mass is 10.2. The van der Waals surface area contributed by atoms with Crippen molar-refractivity contribution < 1.29 is 18.7 Å². The maximum absolute atomic E-state index is 13.8. The summed E-state index contributed by atoms with van der Waals surface area (Å²) in [5.74, 6) is -0.666. The molecule has 28 heavy (non-hydrogen) atoms. The largest absolute Gasteiger partial charge is 0.484 e. The molecule has 2 aromatic carbocycles. The molecule has 0 radical (unpaired) electrons. The topological polar surface area (TPSA) is 72.7 Å². The van der Waals surface area contributed by atoms with Crippen LogP contribution in [0.4, 0.5) is 4.39 Å². The summed E-state index contributed by atoms with van der Waals surface area (Å²) in [7, 11) is 0. The number of hydrogen-bond donors (Lipinski definition) is 1. The molecule has 8 heteroatoms. The Morgan fingerprint density at radius 1 is 1.11 bits per heavy atom. The van der Waals surface area contributed by atoms with Crippen LogP contribution in [-0.2, 0) is 16.1 Å². The van der Waals surface area contributed by atoms with E-state index in [0.29, 0.717) is 16.1 Å². The minimum absolute atomic E-state index is 0.191. The molecule has 1 N–H and O–H groups in total. The first-order valence-corrected chi connectivity index (χ1v) is 9.39. The molecular formula is C20H18FN3O3S. The van der Waals surface area contributed by atoms with E-state index in [1.807, 2.05) is 6.07 Å². The molecule has 1 aromatic heterocycles. The van der Waals surface area contributed by atoms with Gasteiger partial charge in [0.15, 0.2) is 11.4 Å². The van der Waals surface area contributed by atoms with Gasteiger partial charge in [-0.3, -0.25) is 9.59 Å². The van der Waals surface area contributed by atoms with E-state index in [9.17, 15) is 14.0 Å². The predicted molar refractivity (Wildman–Crippen MR) is 103 cm³/mol. The molecule has 0 aliphatic rings. The molecule has 1 heterocycles. The SMILES string of the molecule is O=C(CNC(=O)COc1ccccc1)N=c1sccn1Cc1ccccc1F. The van der Waals surface area contributed by atoms with Gasteiger partial charge in [-0.25, -0.2) is 4.39 Å². The molecule has 0 spiro atoms. The van der Waals surface area contributed by atoms with Crippen LogP contribution in [0.5, 0.6) is 5.75 Å². The second kappa shape index (κ2) is 9.61. The molecule has 0 atom stereocenters. The van der Waals surface area contributed by atoms with E-state index in [1.165, 1.54) is 17.4 Å². The Kier molecular flexibility index (Phi) is 6.69. The summed E-state index contributed by atoms with van der Waals surface area (Å²) in [6.07, 6.45) is 1.73. The van der Waals surface area contributed by atoms with Crippen LogP contribution < -0.4 is 14.9 Å². The quantitative estimate of drug-likeness (QED) is 0.663. The van der Waals surface area contributed by atoms with Crippen LogP contribution in [0.2, 0.25) is 0 Å². The highest BCUT2D eigenvalue weighted by Crippen LogP contribution is 2.08. The highest BCUT2D eigenvalue weighted by atomic mass is 32.1. The summed E-state index contributed by atoms with van der Waals surface area (Å²) in [6.45, 7) is -0.169. The summed E-state index contributed by atoms with van der Waals surface area (Å²) in [6, 6.07) is 15.3. The lowest BCUT2D eigenvalue weighted by molar-refractivity contribution is -0.126. The zero-order valence-electron chi connectivity index (χ0n) is 14.9. The van der Waals surface area contributed by atoms with Crippen molar-refractivity contribution >= 4 is 23.2 Å². The smallest absolute Gasteiger partial charge is 0.267 e. The van der Waals surface area contributed by atoms with Gasteiger partial charge in [0.05, 0.1) is 13.1 Å². The van der Waals surface area contributed by atoms with Gasteiger partial charge < -0.3 is 14.6 Å². The van der Waals surface area contributed by atoms with E-state index in [-0.39, 0.29) is 25.5 Å². The summed E-state index contributed by atoms with van der Waals surface area (Å²) in [4.78, 5) is 28.3. The molecule has 0 aliphatic carbocycles. The average molecular weight is 399 g/mol. The van der Waals surface area contributed by atoms with E-state index >= 15 is 0 Å². The Labute approximate surface area is 164 Å². The van der Waals surface area contributed by atoms with Crippen molar-refractivity contribution in [1.82, 2.24) is 9.88 Å². The molecular weight excluding hydrogens is 381 g/mol. The van der Waals surface area contributed by atoms with Gasteiger partial charge in [0.2, 0.25) is 0 Å². The number of carbonyl (C=O) groups excluding carboxylic acids is 2. The lowest BCUT2D eigenvalue weighted by Crippen LogP contribution is -2.33. The first kappa shape index (κ1) is 19.5. The maximum atomic E-state index is 13.8. The minimum Gasteiger partial charge on any atom is -0.484 e. The summed E-state index contributed by atoms with van der Waals surface area (Å²) >= 11 is 1.26. The van der Waals surface area contributed by atoms with Crippen molar-refractivity contribution in [3.63, 3.8) is 0 Å². The number of amides is 2. The Morgan fingerprint density at radius 2 is 1.86 bits per heavy atom. The summed E-state index contributed by atoms with van der Waals surface area (Å²) in [5, 5.41) is 4.23. The standard InChI is InChI=1S/C20H18FN3O3S/c21-17-9-5-4-6-15(17)13-24-10-11-28-20(24)23-18(25)12-22-19(26)14-27-16-7-2-1-3-8-16/h1-11H,12-14H2,(H,22,26). The number of aromatic nitrogens is 1. The third-order valence-electron chi connectivity index (χ3n) is 3.73. The van der Waals surface area contributed by atoms with E-state index in [0.717, 1.165) is 0 Å². The number of hydrogen-bond acceptors (Lipinski definition) is 4. The van der Waals surface area contributed by atoms with Crippen LogP contribution >= 0.6 is 11.3 Å². The third kappa shape index (κ3) is 5.62. The second-order valence-corrected chi connectivity index (χ2v) is 6.66. The van der Waals surface area contributed by atoms with Crippen LogP contribution in [0.15, 0.2) is 71.2 Å². The maximum Gasteiger partial charge on any atom is 0.267 e. The summed E-state index contributed by atoms with van der Waals surface area (Å²) < 4.78 is 20.8. The number of thiazole rings is 1. The molecule has 0 bridgehead atoms. The molecule has 0 aliphatic heterocycles. The Hall–Kier alpha value is -3.26. The number of rotatable bonds is 7. The summed E-state index contributed by atoms with van der Waals surface area (Å²) in [5.41, 5.74) is 0.501. The number of para-hydroxylation sites is 1. The van der Waals surface area contributed by atoms with Crippen molar-refractivity contribution in [1.29, 1.82) is 0 Å². The van der Waals surface area contributed by atoms with Crippen LogP contribution in [0.1, 0.15) is 5.56 Å². The van der Waals surface area contributed by atoms with Gasteiger partial charge in [-0.2, -0.15) is 4.99 Å². The zero-order valence-corrected chi connectivity index (χ0v) is 15.7. The molecule has 0 saturated carbocycles. The molecule has 6 nitrogen and oxygen atoms in total. The van der Waals surface area contributed by atoms with Crippen molar-refractivity contribution in [3.8, 4) is 5.75 Å². The molecule has 0 fully saturated rings. The van der Waals surface area contributed by atoms with E-state index in [1.54, 1.807) is 58.6 Å². The Morgan fingerprint density at radius 3 is 2.64 bits per heavy atom. The first-order chi connectivity index (χ1) is 13.6. The molecule has 0 unspecified atom stereocenters.